The van der Waals surface area contributed by atoms with Crippen LogP contribution in [0.1, 0.15) is 23.4 Å². The molecule has 0 radical (unpaired) electrons. The van der Waals surface area contributed by atoms with Crippen molar-refractivity contribution >= 4 is 37.2 Å². The summed E-state index contributed by atoms with van der Waals surface area (Å²) in [6, 6.07) is 12.2. The smallest absolute Gasteiger partial charge is 0.178 e. The molecule has 0 aliphatic heterocycles. The van der Waals surface area contributed by atoms with Gasteiger partial charge in [0.25, 0.3) is 0 Å². The highest BCUT2D eigenvalue weighted by Crippen LogP contribution is 2.29. The molecule has 0 spiro atoms. The predicted molar refractivity (Wildman–Crippen MR) is 101 cm³/mol. The van der Waals surface area contributed by atoms with E-state index in [0.29, 0.717) is 20.8 Å². The Morgan fingerprint density at radius 2 is 1.96 bits per heavy atom. The number of hydrogen-bond donors (Lipinski definition) is 0. The summed E-state index contributed by atoms with van der Waals surface area (Å²) in [5.74, 6) is -1.83. The molecule has 0 amide bonds. The lowest BCUT2D eigenvalue weighted by atomic mass is 9.99. The molecule has 1 aromatic heterocycles. The first-order valence-corrected chi connectivity index (χ1v) is 10.6. The third-order valence-corrected chi connectivity index (χ3v) is 6.96. The summed E-state index contributed by atoms with van der Waals surface area (Å²) in [6.45, 7) is 1.56. The van der Waals surface area contributed by atoms with Gasteiger partial charge < -0.3 is 0 Å². The van der Waals surface area contributed by atoms with Gasteiger partial charge >= 0.3 is 0 Å². The number of fused-ring (bicyclic) bond motifs is 1. The Labute approximate surface area is 160 Å². The van der Waals surface area contributed by atoms with Crippen LogP contribution in [0.25, 0.3) is 10.2 Å². The maximum atomic E-state index is 13.3. The number of Topliss-reactive ketones (excluding diaryl/α,β-unsaturated/α-hetero) is 1. The summed E-state index contributed by atoms with van der Waals surface area (Å²) in [7, 11) is -3.30. The van der Waals surface area contributed by atoms with Gasteiger partial charge in [-0.05, 0) is 29.8 Å². The third-order valence-electron chi connectivity index (χ3n) is 4.11. The van der Waals surface area contributed by atoms with Crippen molar-refractivity contribution in [2.24, 2.45) is 0 Å². The molecule has 0 aliphatic rings. The lowest BCUT2D eigenvalue weighted by Gasteiger charge is -2.06. The molecular weight excluding hydrogens is 387 g/mol. The average Bonchev–Trinajstić information content (AvgIpc) is 3.05. The first-order chi connectivity index (χ1) is 12.8. The molecule has 0 saturated heterocycles. The lowest BCUT2D eigenvalue weighted by molar-refractivity contribution is -0.118. The quantitative estimate of drug-likeness (QED) is 0.628. The van der Waals surface area contributed by atoms with E-state index >= 15 is 0 Å². The second-order valence-corrected chi connectivity index (χ2v) is 9.26. The van der Waals surface area contributed by atoms with Crippen molar-refractivity contribution in [3.8, 4) is 6.07 Å². The molecule has 27 heavy (non-hydrogen) atoms. The fourth-order valence-corrected chi connectivity index (χ4v) is 4.49. The molecule has 5 nitrogen and oxygen atoms in total. The Morgan fingerprint density at radius 3 is 2.59 bits per heavy atom. The van der Waals surface area contributed by atoms with Gasteiger partial charge in [-0.2, -0.15) is 5.26 Å². The molecule has 0 bridgehead atoms. The van der Waals surface area contributed by atoms with Gasteiger partial charge in [0.05, 0.1) is 26.9 Å². The van der Waals surface area contributed by atoms with E-state index in [1.165, 1.54) is 35.6 Å². The van der Waals surface area contributed by atoms with Crippen LogP contribution in [-0.2, 0) is 21.1 Å². The number of nitriles is 1. The lowest BCUT2D eigenvalue weighted by Crippen LogP contribution is -2.13. The summed E-state index contributed by atoms with van der Waals surface area (Å²) in [5.41, 5.74) is 1.03. The Morgan fingerprint density at radius 1 is 1.26 bits per heavy atom. The second kappa shape index (κ2) is 7.55. The van der Waals surface area contributed by atoms with E-state index < -0.39 is 21.6 Å². The molecule has 1 heterocycles. The third kappa shape index (κ3) is 4.04. The minimum atomic E-state index is -3.30. The SMILES string of the molecule is CCS(=O)(=O)c1ccc(CC(=O)[C@@H](C#N)c2nc3cc(F)ccc3s2)cc1. The van der Waals surface area contributed by atoms with Crippen LogP contribution in [-0.4, -0.2) is 24.9 Å². The van der Waals surface area contributed by atoms with E-state index in [-0.39, 0.29) is 22.9 Å². The summed E-state index contributed by atoms with van der Waals surface area (Å²) < 4.78 is 37.7. The molecule has 0 aliphatic carbocycles. The van der Waals surface area contributed by atoms with Crippen LogP contribution in [0.4, 0.5) is 4.39 Å². The van der Waals surface area contributed by atoms with E-state index in [9.17, 15) is 22.9 Å². The van der Waals surface area contributed by atoms with E-state index in [1.807, 2.05) is 6.07 Å². The Bertz CT molecular complexity index is 1150. The summed E-state index contributed by atoms with van der Waals surface area (Å²) in [5, 5.41) is 9.76. The number of carbonyl (C=O) groups is 1. The van der Waals surface area contributed by atoms with Crippen LogP contribution in [0, 0.1) is 17.1 Å². The standard InChI is InChI=1S/C19H15FN2O3S2/c1-2-27(24,25)14-6-3-12(4-7-14)9-17(23)15(11-21)19-22-16-10-13(20)5-8-18(16)26-19/h3-8,10,15H,2,9H2,1H3/t15-/m1/s1. The molecule has 0 fully saturated rings. The van der Waals surface area contributed by atoms with E-state index in [1.54, 1.807) is 25.1 Å². The number of thiazole rings is 1. The maximum Gasteiger partial charge on any atom is 0.178 e. The molecule has 1 atom stereocenters. The van der Waals surface area contributed by atoms with Crippen LogP contribution in [0.5, 0.6) is 0 Å². The summed E-state index contributed by atoms with van der Waals surface area (Å²) in [6.07, 6.45) is -0.0189. The average molecular weight is 402 g/mol. The van der Waals surface area contributed by atoms with Crippen molar-refractivity contribution in [3.63, 3.8) is 0 Å². The number of benzene rings is 2. The van der Waals surface area contributed by atoms with E-state index in [0.717, 1.165) is 0 Å². The normalized spacial score (nSPS) is 12.6. The fraction of sp³-hybridized carbons (Fsp3) is 0.211. The van der Waals surface area contributed by atoms with E-state index in [4.69, 9.17) is 0 Å². The van der Waals surface area contributed by atoms with Crippen molar-refractivity contribution in [2.45, 2.75) is 24.2 Å². The highest BCUT2D eigenvalue weighted by atomic mass is 32.2. The minimum Gasteiger partial charge on any atom is -0.297 e. The number of nitrogens with zero attached hydrogens (tertiary/aromatic N) is 2. The van der Waals surface area contributed by atoms with Gasteiger partial charge in [-0.3, -0.25) is 4.79 Å². The van der Waals surface area contributed by atoms with Crippen LogP contribution in [0.15, 0.2) is 47.4 Å². The van der Waals surface area contributed by atoms with Crippen molar-refractivity contribution in [1.82, 2.24) is 4.98 Å². The monoisotopic (exact) mass is 402 g/mol. The highest BCUT2D eigenvalue weighted by Gasteiger charge is 2.24. The maximum absolute atomic E-state index is 13.3. The van der Waals surface area contributed by atoms with E-state index in [2.05, 4.69) is 4.98 Å². The largest absolute Gasteiger partial charge is 0.297 e. The van der Waals surface area contributed by atoms with Crippen molar-refractivity contribution < 1.29 is 17.6 Å². The summed E-state index contributed by atoms with van der Waals surface area (Å²) in [4.78, 5) is 17.0. The molecule has 2 aromatic carbocycles. The van der Waals surface area contributed by atoms with Gasteiger partial charge in [0.1, 0.15) is 10.8 Å². The molecule has 0 N–H and O–H groups in total. The Balaban J connectivity index is 1.82. The molecule has 3 rings (SSSR count). The Hall–Kier alpha value is -2.63. The first kappa shape index (κ1) is 19.1. The van der Waals surface area contributed by atoms with Gasteiger partial charge in [0.2, 0.25) is 0 Å². The van der Waals surface area contributed by atoms with Crippen LogP contribution < -0.4 is 0 Å². The molecule has 3 aromatic rings. The van der Waals surface area contributed by atoms with Crippen molar-refractivity contribution in [2.75, 3.05) is 5.75 Å². The predicted octanol–water partition coefficient (Wildman–Crippen LogP) is 3.65. The van der Waals surface area contributed by atoms with Crippen LogP contribution >= 0.6 is 11.3 Å². The van der Waals surface area contributed by atoms with Gasteiger partial charge in [-0.1, -0.05) is 19.1 Å². The zero-order chi connectivity index (χ0) is 19.6. The minimum absolute atomic E-state index is 0.0000153. The highest BCUT2D eigenvalue weighted by molar-refractivity contribution is 7.91. The zero-order valence-corrected chi connectivity index (χ0v) is 16.0. The van der Waals surface area contributed by atoms with Crippen molar-refractivity contribution in [1.29, 1.82) is 5.26 Å². The van der Waals surface area contributed by atoms with Crippen LogP contribution in [0.3, 0.4) is 0 Å². The van der Waals surface area contributed by atoms with Gasteiger partial charge in [0, 0.05) is 12.5 Å². The topological polar surface area (TPSA) is 87.9 Å². The molecular formula is C19H15FN2O3S2. The number of carbonyl (C=O) groups excluding carboxylic acids is 1. The van der Waals surface area contributed by atoms with Crippen LogP contribution in [0.2, 0.25) is 0 Å². The first-order valence-electron chi connectivity index (χ1n) is 8.14. The van der Waals surface area contributed by atoms with Gasteiger partial charge in [-0.25, -0.2) is 17.8 Å². The summed E-state index contributed by atoms with van der Waals surface area (Å²) >= 11 is 1.19. The molecule has 8 heteroatoms. The molecule has 0 saturated carbocycles. The Kier molecular flexibility index (Phi) is 5.35. The second-order valence-electron chi connectivity index (χ2n) is 5.92. The number of rotatable bonds is 6. The van der Waals surface area contributed by atoms with Crippen molar-refractivity contribution in [3.05, 3.63) is 58.9 Å². The number of sulfone groups is 1. The molecule has 138 valence electrons. The number of aromatic nitrogens is 1. The number of halogens is 1. The van der Waals surface area contributed by atoms with Gasteiger partial charge in [0.15, 0.2) is 21.5 Å². The number of hydrogen-bond acceptors (Lipinski definition) is 6. The zero-order valence-electron chi connectivity index (χ0n) is 14.3. The fourth-order valence-electron chi connectivity index (χ4n) is 2.59. The number of ketones is 1. The molecule has 0 unspecified atom stereocenters. The van der Waals surface area contributed by atoms with Gasteiger partial charge in [-0.15, -0.1) is 11.3 Å².